The van der Waals surface area contributed by atoms with Crippen LogP contribution in [0.15, 0.2) is 22.7 Å². The minimum atomic E-state index is 1.14. The Kier molecular flexibility index (Phi) is 1.74. The molecule has 0 amide bonds. The molecule has 1 aromatic carbocycles. The van der Waals surface area contributed by atoms with E-state index in [0.29, 0.717) is 0 Å². The van der Waals surface area contributed by atoms with Crippen LogP contribution >= 0.6 is 27.3 Å². The smallest absolute Gasteiger partial charge is 0.0363 e. The summed E-state index contributed by atoms with van der Waals surface area (Å²) in [6, 6.07) is 9.54. The van der Waals surface area contributed by atoms with E-state index >= 15 is 0 Å². The number of hydrogen-bond acceptors (Lipinski definition) is 1. The fourth-order valence-electron chi connectivity index (χ4n) is 1.06. The van der Waals surface area contributed by atoms with Gasteiger partial charge in [-0.2, -0.15) is 0 Å². The first-order valence-corrected chi connectivity index (χ1v) is 4.94. The third-order valence-corrected chi connectivity index (χ3v) is 2.98. The van der Waals surface area contributed by atoms with Crippen molar-refractivity contribution in [2.75, 3.05) is 0 Å². The Morgan fingerprint density at radius 3 is 3.09 bits per heavy atom. The number of aryl methyl sites for hydroxylation is 1. The van der Waals surface area contributed by atoms with Crippen molar-refractivity contribution in [3.63, 3.8) is 0 Å². The SMILES string of the molecule is Cc1[c]c2ccc(Br)cc2s1. The zero-order chi connectivity index (χ0) is 7.84. The second kappa shape index (κ2) is 2.61. The quantitative estimate of drug-likeness (QED) is 0.641. The molecule has 0 spiro atoms. The number of fused-ring (bicyclic) bond motifs is 1. The molecule has 1 heterocycles. The third-order valence-electron chi connectivity index (χ3n) is 1.52. The molecular formula is C9H6BrS. The lowest BCUT2D eigenvalue weighted by atomic mass is 10.2. The third kappa shape index (κ3) is 1.33. The predicted octanol–water partition coefficient (Wildman–Crippen LogP) is 3.77. The van der Waals surface area contributed by atoms with E-state index in [1.807, 2.05) is 6.07 Å². The first-order valence-electron chi connectivity index (χ1n) is 3.34. The zero-order valence-corrected chi connectivity index (χ0v) is 8.42. The molecule has 2 rings (SSSR count). The van der Waals surface area contributed by atoms with Gasteiger partial charge in [0.2, 0.25) is 0 Å². The Hall–Kier alpha value is -0.340. The van der Waals surface area contributed by atoms with Crippen molar-refractivity contribution in [2.45, 2.75) is 6.92 Å². The van der Waals surface area contributed by atoms with Crippen LogP contribution in [-0.4, -0.2) is 0 Å². The summed E-state index contributed by atoms with van der Waals surface area (Å²) in [5.74, 6) is 0. The summed E-state index contributed by atoms with van der Waals surface area (Å²) in [5.41, 5.74) is 0. The summed E-state index contributed by atoms with van der Waals surface area (Å²) in [4.78, 5) is 1.25. The first kappa shape index (κ1) is 7.32. The maximum absolute atomic E-state index is 3.43. The van der Waals surface area contributed by atoms with Gasteiger partial charge in [0.25, 0.3) is 0 Å². The van der Waals surface area contributed by atoms with Gasteiger partial charge in [0.05, 0.1) is 0 Å². The maximum Gasteiger partial charge on any atom is 0.0363 e. The number of rotatable bonds is 0. The highest BCUT2D eigenvalue weighted by atomic mass is 79.9. The maximum atomic E-state index is 3.43. The van der Waals surface area contributed by atoms with Gasteiger partial charge in [0.1, 0.15) is 0 Å². The van der Waals surface area contributed by atoms with E-state index in [1.165, 1.54) is 15.0 Å². The molecule has 0 aliphatic carbocycles. The Labute approximate surface area is 78.0 Å². The molecular weight excluding hydrogens is 220 g/mol. The summed E-state index contributed by atoms with van der Waals surface area (Å²) in [7, 11) is 0. The second-order valence-electron chi connectivity index (χ2n) is 2.42. The lowest BCUT2D eigenvalue weighted by Gasteiger charge is -1.88. The molecule has 2 heteroatoms. The van der Waals surface area contributed by atoms with E-state index in [0.717, 1.165) is 4.47 Å². The van der Waals surface area contributed by atoms with E-state index in [9.17, 15) is 0 Å². The van der Waals surface area contributed by atoms with Crippen molar-refractivity contribution in [3.8, 4) is 0 Å². The van der Waals surface area contributed by atoms with E-state index in [4.69, 9.17) is 0 Å². The van der Waals surface area contributed by atoms with Crippen LogP contribution < -0.4 is 0 Å². The Balaban J connectivity index is 2.82. The Bertz CT molecular complexity index is 389. The van der Waals surface area contributed by atoms with Crippen LogP contribution in [0.5, 0.6) is 0 Å². The minimum absolute atomic E-state index is 1.14. The topological polar surface area (TPSA) is 0 Å². The molecule has 1 radical (unpaired) electrons. The number of benzene rings is 1. The Morgan fingerprint density at radius 1 is 1.45 bits per heavy atom. The molecule has 0 fully saturated rings. The van der Waals surface area contributed by atoms with Gasteiger partial charge in [-0.05, 0) is 19.1 Å². The molecule has 1 aromatic heterocycles. The van der Waals surface area contributed by atoms with Gasteiger partial charge in [-0.3, -0.25) is 0 Å². The standard InChI is InChI=1S/C9H6BrS/c1-6-4-7-2-3-8(10)5-9(7)11-6/h2-3,5H,1H3. The number of thiophene rings is 1. The molecule has 0 N–H and O–H groups in total. The van der Waals surface area contributed by atoms with Crippen LogP contribution in [0.2, 0.25) is 0 Å². The lowest BCUT2D eigenvalue weighted by Crippen LogP contribution is -1.62. The van der Waals surface area contributed by atoms with Gasteiger partial charge in [0, 0.05) is 25.5 Å². The molecule has 0 nitrogen and oxygen atoms in total. The molecule has 0 saturated heterocycles. The molecule has 0 saturated carbocycles. The van der Waals surface area contributed by atoms with Crippen LogP contribution in [0.4, 0.5) is 0 Å². The van der Waals surface area contributed by atoms with Gasteiger partial charge in [-0.1, -0.05) is 22.0 Å². The fourth-order valence-corrected chi connectivity index (χ4v) is 2.48. The molecule has 2 aromatic rings. The van der Waals surface area contributed by atoms with Crippen molar-refractivity contribution >= 4 is 37.4 Å². The van der Waals surface area contributed by atoms with Crippen LogP contribution in [0, 0.1) is 13.0 Å². The highest BCUT2D eigenvalue weighted by Crippen LogP contribution is 2.26. The van der Waals surface area contributed by atoms with Crippen LogP contribution in [0.25, 0.3) is 10.1 Å². The molecule has 0 atom stereocenters. The monoisotopic (exact) mass is 225 g/mol. The van der Waals surface area contributed by atoms with E-state index < -0.39 is 0 Å². The largest absolute Gasteiger partial charge is 0.140 e. The van der Waals surface area contributed by atoms with Crippen LogP contribution in [-0.2, 0) is 0 Å². The molecule has 11 heavy (non-hydrogen) atoms. The summed E-state index contributed by atoms with van der Waals surface area (Å²) < 4.78 is 2.44. The summed E-state index contributed by atoms with van der Waals surface area (Å²) >= 11 is 5.22. The van der Waals surface area contributed by atoms with Gasteiger partial charge in [-0.15, -0.1) is 11.3 Å². The van der Waals surface area contributed by atoms with Crippen LogP contribution in [0.3, 0.4) is 0 Å². The number of halogens is 1. The van der Waals surface area contributed by atoms with Crippen molar-refractivity contribution in [2.24, 2.45) is 0 Å². The summed E-state index contributed by atoms with van der Waals surface area (Å²) in [6.45, 7) is 2.08. The highest BCUT2D eigenvalue weighted by molar-refractivity contribution is 9.10. The molecule has 0 bridgehead atoms. The van der Waals surface area contributed by atoms with E-state index in [1.54, 1.807) is 11.3 Å². The molecule has 0 aliphatic heterocycles. The molecule has 0 unspecified atom stereocenters. The molecule has 0 aliphatic rings. The average Bonchev–Trinajstić information content (AvgIpc) is 2.27. The second-order valence-corrected chi connectivity index (χ2v) is 4.60. The van der Waals surface area contributed by atoms with E-state index in [2.05, 4.69) is 41.1 Å². The van der Waals surface area contributed by atoms with Gasteiger partial charge in [-0.25, -0.2) is 0 Å². The number of hydrogen-bond donors (Lipinski definition) is 0. The highest BCUT2D eigenvalue weighted by Gasteiger charge is 1.97. The average molecular weight is 226 g/mol. The zero-order valence-electron chi connectivity index (χ0n) is 6.02. The van der Waals surface area contributed by atoms with Crippen molar-refractivity contribution in [3.05, 3.63) is 33.6 Å². The van der Waals surface area contributed by atoms with Crippen molar-refractivity contribution < 1.29 is 0 Å². The van der Waals surface area contributed by atoms with Gasteiger partial charge < -0.3 is 0 Å². The summed E-state index contributed by atoms with van der Waals surface area (Å²) in [5, 5.41) is 1.22. The van der Waals surface area contributed by atoms with E-state index in [-0.39, 0.29) is 0 Å². The first-order chi connectivity index (χ1) is 5.25. The summed E-state index contributed by atoms with van der Waals surface area (Å²) in [6.07, 6.45) is 0. The molecule has 55 valence electrons. The van der Waals surface area contributed by atoms with Gasteiger partial charge in [0.15, 0.2) is 0 Å². The van der Waals surface area contributed by atoms with Crippen molar-refractivity contribution in [1.29, 1.82) is 0 Å². The lowest BCUT2D eigenvalue weighted by molar-refractivity contribution is 1.64. The normalized spacial score (nSPS) is 10.7. The van der Waals surface area contributed by atoms with Gasteiger partial charge >= 0.3 is 0 Å². The van der Waals surface area contributed by atoms with Crippen molar-refractivity contribution in [1.82, 2.24) is 0 Å². The Morgan fingerprint density at radius 2 is 2.27 bits per heavy atom. The minimum Gasteiger partial charge on any atom is -0.140 e. The fraction of sp³-hybridized carbons (Fsp3) is 0.111. The van der Waals surface area contributed by atoms with Crippen LogP contribution in [0.1, 0.15) is 4.88 Å². The predicted molar refractivity (Wildman–Crippen MR) is 53.1 cm³/mol.